The minimum atomic E-state index is -0.226. The second kappa shape index (κ2) is 9.28. The molecule has 3 aromatic rings. The van der Waals surface area contributed by atoms with E-state index in [1.165, 1.54) is 11.1 Å². The highest BCUT2D eigenvalue weighted by atomic mass is 16.5. The number of rotatable bonds is 8. The molecule has 1 aliphatic rings. The van der Waals surface area contributed by atoms with Gasteiger partial charge in [0.2, 0.25) is 0 Å². The van der Waals surface area contributed by atoms with Crippen molar-refractivity contribution < 1.29 is 9.53 Å². The summed E-state index contributed by atoms with van der Waals surface area (Å²) in [5.74, 6) is 1.79. The van der Waals surface area contributed by atoms with E-state index in [-0.39, 0.29) is 22.8 Å². The lowest BCUT2D eigenvalue weighted by Crippen LogP contribution is -2.38. The van der Waals surface area contributed by atoms with Gasteiger partial charge in [-0.3, -0.25) is 4.79 Å². The van der Waals surface area contributed by atoms with Gasteiger partial charge in [0.15, 0.2) is 5.78 Å². The molecule has 1 unspecified atom stereocenters. The van der Waals surface area contributed by atoms with Gasteiger partial charge in [-0.25, -0.2) is 4.68 Å². The molecule has 0 saturated heterocycles. The maximum absolute atomic E-state index is 13.8. The summed E-state index contributed by atoms with van der Waals surface area (Å²) in [6.07, 6.45) is 4.90. The van der Waals surface area contributed by atoms with Crippen LogP contribution in [0.5, 0.6) is 5.75 Å². The summed E-state index contributed by atoms with van der Waals surface area (Å²) in [7, 11) is 1.69. The first-order valence-corrected chi connectivity index (χ1v) is 12.3. The number of carbonyl (C=O) groups is 1. The monoisotopic (exact) mass is 459 g/mol. The van der Waals surface area contributed by atoms with E-state index in [1.807, 2.05) is 16.8 Å². The molecule has 4 rings (SSSR count). The number of benzene rings is 2. The summed E-state index contributed by atoms with van der Waals surface area (Å²) in [6, 6.07) is 16.9. The molecule has 0 amide bonds. The van der Waals surface area contributed by atoms with E-state index >= 15 is 0 Å². The molecule has 1 N–H and O–H groups in total. The maximum Gasteiger partial charge on any atom is 0.169 e. The number of hydrogen-bond acceptors (Lipinski definition) is 4. The molecular formula is C29H37N3O2. The average molecular weight is 460 g/mol. The number of nitrogens with zero attached hydrogens (tertiary/aromatic N) is 2. The Labute approximate surface area is 203 Å². The van der Waals surface area contributed by atoms with Crippen LogP contribution in [0.3, 0.4) is 0 Å². The van der Waals surface area contributed by atoms with Crippen LogP contribution in [-0.4, -0.2) is 22.7 Å². The zero-order valence-electron chi connectivity index (χ0n) is 21.3. The molecular weight excluding hydrogens is 422 g/mol. The third-order valence-electron chi connectivity index (χ3n) is 7.67. The molecule has 0 fully saturated rings. The minimum Gasteiger partial charge on any atom is -0.497 e. The van der Waals surface area contributed by atoms with Gasteiger partial charge in [-0.2, -0.15) is 5.10 Å². The second-order valence-corrected chi connectivity index (χ2v) is 10.3. The zero-order chi connectivity index (χ0) is 24.5. The first-order chi connectivity index (χ1) is 16.2. The quantitative estimate of drug-likeness (QED) is 0.375. The number of aromatic nitrogens is 2. The predicted molar refractivity (Wildman–Crippen MR) is 138 cm³/mol. The third kappa shape index (κ3) is 4.36. The molecule has 0 saturated carbocycles. The highest BCUT2D eigenvalue weighted by Crippen LogP contribution is 2.42. The van der Waals surface area contributed by atoms with Crippen LogP contribution in [-0.2, 0) is 11.0 Å². The number of methoxy groups -OCH3 is 1. The van der Waals surface area contributed by atoms with Crippen molar-refractivity contribution in [3.05, 3.63) is 77.0 Å². The molecule has 0 aliphatic carbocycles. The molecule has 1 atom stereocenters. The van der Waals surface area contributed by atoms with Crippen LogP contribution in [0.25, 0.3) is 0 Å². The summed E-state index contributed by atoms with van der Waals surface area (Å²) >= 11 is 0. The predicted octanol–water partition coefficient (Wildman–Crippen LogP) is 6.82. The highest BCUT2D eigenvalue weighted by molar-refractivity contribution is 6.01. The summed E-state index contributed by atoms with van der Waals surface area (Å²) < 4.78 is 7.43. The van der Waals surface area contributed by atoms with Crippen LogP contribution in [0.1, 0.15) is 86.5 Å². The Bertz CT molecular complexity index is 1160. The van der Waals surface area contributed by atoms with Gasteiger partial charge in [0, 0.05) is 11.8 Å². The number of Topliss-reactive ketones (excluding diaryl/α,β-unsaturated/α-hetero) is 1. The van der Waals surface area contributed by atoms with Crippen LogP contribution in [0.4, 0.5) is 5.82 Å². The van der Waals surface area contributed by atoms with E-state index in [2.05, 4.69) is 81.4 Å². The van der Waals surface area contributed by atoms with Crippen LogP contribution >= 0.6 is 0 Å². The standard InChI is InChI=1S/C29H37N3O2/c1-7-29(8-2,22-14-12-20(3)13-15-22)18-26(33)24-19-30-32-27(24)31-25(17-28(32,4)5)21-10-9-11-23(16-21)34-6/h9-16,19,25,31H,7-8,17-18H2,1-6H3. The topological polar surface area (TPSA) is 56.2 Å². The van der Waals surface area contributed by atoms with Gasteiger partial charge < -0.3 is 10.1 Å². The number of ether oxygens (including phenoxy) is 1. The number of carbonyl (C=O) groups excluding carboxylic acids is 1. The van der Waals surface area contributed by atoms with E-state index in [0.29, 0.717) is 12.0 Å². The lowest BCUT2D eigenvalue weighted by molar-refractivity contribution is 0.0944. The molecule has 5 heteroatoms. The first kappa shape index (κ1) is 24.1. The van der Waals surface area contributed by atoms with Gasteiger partial charge in [-0.15, -0.1) is 0 Å². The summed E-state index contributed by atoms with van der Waals surface area (Å²) in [5.41, 5.74) is 3.89. The van der Waals surface area contributed by atoms with E-state index in [9.17, 15) is 4.79 Å². The third-order valence-corrected chi connectivity index (χ3v) is 7.67. The van der Waals surface area contributed by atoms with Crippen LogP contribution in [0.2, 0.25) is 0 Å². The molecule has 0 radical (unpaired) electrons. The largest absolute Gasteiger partial charge is 0.497 e. The zero-order valence-corrected chi connectivity index (χ0v) is 21.3. The number of hydrogen-bond donors (Lipinski definition) is 1. The van der Waals surface area contributed by atoms with E-state index in [1.54, 1.807) is 13.3 Å². The minimum absolute atomic E-state index is 0.0695. The van der Waals surface area contributed by atoms with Gasteiger partial charge >= 0.3 is 0 Å². The number of anilines is 1. The lowest BCUT2D eigenvalue weighted by atomic mass is 9.71. The number of aryl methyl sites for hydroxylation is 1. The Morgan fingerprint density at radius 1 is 1.18 bits per heavy atom. The van der Waals surface area contributed by atoms with Crippen molar-refractivity contribution in [3.63, 3.8) is 0 Å². The highest BCUT2D eigenvalue weighted by Gasteiger charge is 2.38. The van der Waals surface area contributed by atoms with Crippen molar-refractivity contribution in [2.75, 3.05) is 12.4 Å². The Kier molecular flexibility index (Phi) is 6.57. The van der Waals surface area contributed by atoms with Crippen molar-refractivity contribution in [2.24, 2.45) is 0 Å². The summed E-state index contributed by atoms with van der Waals surface area (Å²) in [4.78, 5) is 13.8. The number of ketones is 1. The van der Waals surface area contributed by atoms with Crippen molar-refractivity contribution >= 4 is 11.6 Å². The molecule has 5 nitrogen and oxygen atoms in total. The van der Waals surface area contributed by atoms with Crippen molar-refractivity contribution in [1.29, 1.82) is 0 Å². The average Bonchev–Trinajstić information content (AvgIpc) is 3.28. The van der Waals surface area contributed by atoms with Gasteiger partial charge in [0.05, 0.1) is 30.5 Å². The lowest BCUT2D eigenvalue weighted by Gasteiger charge is -2.38. The second-order valence-electron chi connectivity index (χ2n) is 10.3. The Morgan fingerprint density at radius 2 is 1.88 bits per heavy atom. The van der Waals surface area contributed by atoms with Crippen molar-refractivity contribution in [1.82, 2.24) is 9.78 Å². The van der Waals surface area contributed by atoms with Gasteiger partial charge in [-0.05, 0) is 63.3 Å². The Hall–Kier alpha value is -3.08. The normalized spacial score (nSPS) is 17.1. The molecule has 0 spiro atoms. The van der Waals surface area contributed by atoms with Crippen LogP contribution in [0, 0.1) is 6.92 Å². The van der Waals surface area contributed by atoms with Crippen LogP contribution in [0.15, 0.2) is 54.7 Å². The van der Waals surface area contributed by atoms with Crippen LogP contribution < -0.4 is 10.1 Å². The Morgan fingerprint density at radius 3 is 2.53 bits per heavy atom. The fourth-order valence-electron chi connectivity index (χ4n) is 5.33. The molecule has 180 valence electrons. The summed E-state index contributed by atoms with van der Waals surface area (Å²) in [6.45, 7) is 10.8. The number of nitrogens with one attached hydrogen (secondary N) is 1. The Balaban J connectivity index is 1.67. The molecule has 2 aromatic carbocycles. The van der Waals surface area contributed by atoms with Gasteiger partial charge in [0.1, 0.15) is 11.6 Å². The van der Waals surface area contributed by atoms with E-state index < -0.39 is 0 Å². The SMILES string of the molecule is CCC(CC)(CC(=O)c1cnn2c1NC(c1cccc(OC)c1)CC2(C)C)c1ccc(C)cc1. The first-order valence-electron chi connectivity index (χ1n) is 12.3. The molecule has 34 heavy (non-hydrogen) atoms. The van der Waals surface area contributed by atoms with Crippen molar-refractivity contribution in [2.45, 2.75) is 77.3 Å². The fraction of sp³-hybridized carbons (Fsp3) is 0.448. The van der Waals surface area contributed by atoms with Gasteiger partial charge in [-0.1, -0.05) is 55.8 Å². The molecule has 0 bridgehead atoms. The van der Waals surface area contributed by atoms with E-state index in [0.717, 1.165) is 36.4 Å². The molecule has 2 heterocycles. The van der Waals surface area contributed by atoms with E-state index in [4.69, 9.17) is 4.74 Å². The summed E-state index contributed by atoms with van der Waals surface area (Å²) in [5, 5.41) is 8.31. The smallest absolute Gasteiger partial charge is 0.169 e. The molecule has 1 aliphatic heterocycles. The fourth-order valence-corrected chi connectivity index (χ4v) is 5.33. The number of fused-ring (bicyclic) bond motifs is 1. The van der Waals surface area contributed by atoms with Crippen molar-refractivity contribution in [3.8, 4) is 5.75 Å². The van der Waals surface area contributed by atoms with Gasteiger partial charge in [0.25, 0.3) is 0 Å². The maximum atomic E-state index is 13.8. The molecule has 1 aromatic heterocycles.